The SMILES string of the molecule is C=C(C)C(=O)OCCOC(=O)c1c(I)cc(Br)cc1I. The van der Waals surface area contributed by atoms with Crippen molar-refractivity contribution in [3.63, 3.8) is 0 Å². The Morgan fingerprint density at radius 3 is 2.20 bits per heavy atom. The van der Waals surface area contributed by atoms with E-state index in [0.717, 1.165) is 11.6 Å². The maximum atomic E-state index is 12.0. The molecule has 0 aliphatic heterocycles. The first-order valence-corrected chi connectivity index (χ1v) is 8.42. The molecule has 0 N–H and O–H groups in total. The van der Waals surface area contributed by atoms with E-state index in [1.807, 2.05) is 12.1 Å². The van der Waals surface area contributed by atoms with Gasteiger partial charge in [-0.25, -0.2) is 9.59 Å². The van der Waals surface area contributed by atoms with Crippen molar-refractivity contribution < 1.29 is 19.1 Å². The summed E-state index contributed by atoms with van der Waals surface area (Å²) in [4.78, 5) is 23.1. The fourth-order valence-electron chi connectivity index (χ4n) is 1.20. The van der Waals surface area contributed by atoms with Crippen molar-refractivity contribution in [2.75, 3.05) is 13.2 Å². The second-order valence-corrected chi connectivity index (χ2v) is 7.04. The lowest BCUT2D eigenvalue weighted by molar-refractivity contribution is -0.140. The molecule has 0 atom stereocenters. The number of halogens is 3. The number of hydrogen-bond donors (Lipinski definition) is 0. The molecule has 0 bridgehead atoms. The average Bonchev–Trinajstić information content (AvgIpc) is 2.32. The van der Waals surface area contributed by atoms with Gasteiger partial charge in [0.25, 0.3) is 0 Å². The van der Waals surface area contributed by atoms with E-state index < -0.39 is 11.9 Å². The molecule has 0 aliphatic rings. The summed E-state index contributed by atoms with van der Waals surface area (Å²) in [6.45, 7) is 5.04. The van der Waals surface area contributed by atoms with Crippen molar-refractivity contribution in [1.82, 2.24) is 0 Å². The van der Waals surface area contributed by atoms with Crippen LogP contribution in [0.25, 0.3) is 0 Å². The molecule has 0 amide bonds. The van der Waals surface area contributed by atoms with Crippen LogP contribution < -0.4 is 0 Å². The third kappa shape index (κ3) is 5.32. The lowest BCUT2D eigenvalue weighted by Crippen LogP contribution is -2.15. The zero-order chi connectivity index (χ0) is 15.3. The summed E-state index contributed by atoms with van der Waals surface area (Å²) in [5, 5.41) is 0. The number of rotatable bonds is 5. The van der Waals surface area contributed by atoms with E-state index in [1.54, 1.807) is 6.92 Å². The van der Waals surface area contributed by atoms with Gasteiger partial charge < -0.3 is 9.47 Å². The highest BCUT2D eigenvalue weighted by atomic mass is 127. The van der Waals surface area contributed by atoms with Crippen molar-refractivity contribution in [3.8, 4) is 0 Å². The van der Waals surface area contributed by atoms with Crippen molar-refractivity contribution in [2.24, 2.45) is 0 Å². The van der Waals surface area contributed by atoms with Gasteiger partial charge in [-0.05, 0) is 64.2 Å². The fourth-order valence-corrected chi connectivity index (χ4v) is 4.72. The number of carbonyl (C=O) groups is 2. The highest BCUT2D eigenvalue weighted by Gasteiger charge is 2.16. The highest BCUT2D eigenvalue weighted by Crippen LogP contribution is 2.25. The van der Waals surface area contributed by atoms with Crippen molar-refractivity contribution in [3.05, 3.63) is 41.5 Å². The maximum Gasteiger partial charge on any atom is 0.340 e. The van der Waals surface area contributed by atoms with Gasteiger partial charge in [-0.2, -0.15) is 0 Å². The Morgan fingerprint density at radius 2 is 1.70 bits per heavy atom. The van der Waals surface area contributed by atoms with Gasteiger partial charge in [0, 0.05) is 17.2 Å². The highest BCUT2D eigenvalue weighted by molar-refractivity contribution is 14.1. The molecule has 1 rings (SSSR count). The minimum Gasteiger partial charge on any atom is -0.459 e. The second kappa shape index (κ2) is 8.32. The predicted molar refractivity (Wildman–Crippen MR) is 95.6 cm³/mol. The van der Waals surface area contributed by atoms with Crippen LogP contribution >= 0.6 is 61.1 Å². The summed E-state index contributed by atoms with van der Waals surface area (Å²) in [6, 6.07) is 3.67. The number of esters is 2. The summed E-state index contributed by atoms with van der Waals surface area (Å²) in [5.74, 6) is -0.925. The van der Waals surface area contributed by atoms with Gasteiger partial charge in [-0.1, -0.05) is 22.5 Å². The molecule has 108 valence electrons. The van der Waals surface area contributed by atoms with Crippen LogP contribution in [0.2, 0.25) is 0 Å². The van der Waals surface area contributed by atoms with Gasteiger partial charge in [0.2, 0.25) is 0 Å². The number of hydrogen-bond acceptors (Lipinski definition) is 4. The minimum atomic E-state index is -0.492. The molecule has 0 heterocycles. The van der Waals surface area contributed by atoms with E-state index in [4.69, 9.17) is 9.47 Å². The summed E-state index contributed by atoms with van der Waals surface area (Å²) >= 11 is 7.51. The maximum absolute atomic E-state index is 12.0. The number of benzene rings is 1. The molecule has 0 saturated heterocycles. The first-order chi connectivity index (χ1) is 9.32. The zero-order valence-electron chi connectivity index (χ0n) is 10.5. The largest absolute Gasteiger partial charge is 0.459 e. The molecule has 0 saturated carbocycles. The van der Waals surface area contributed by atoms with Crippen molar-refractivity contribution >= 4 is 73.1 Å². The summed E-state index contributed by atoms with van der Waals surface area (Å²) < 4.78 is 12.4. The van der Waals surface area contributed by atoms with Gasteiger partial charge in [0.15, 0.2) is 0 Å². The van der Waals surface area contributed by atoms with E-state index in [2.05, 4.69) is 67.7 Å². The van der Waals surface area contributed by atoms with Gasteiger partial charge in [0.1, 0.15) is 13.2 Å². The molecule has 0 unspecified atom stereocenters. The fraction of sp³-hybridized carbons (Fsp3) is 0.231. The molecule has 1 aromatic rings. The monoisotopic (exact) mass is 564 g/mol. The summed E-state index contributed by atoms with van der Waals surface area (Å²) in [6.07, 6.45) is 0. The van der Waals surface area contributed by atoms with Crippen LogP contribution in [0.5, 0.6) is 0 Å². The molecular formula is C13H11BrI2O4. The number of carbonyl (C=O) groups excluding carboxylic acids is 2. The average molecular weight is 565 g/mol. The second-order valence-electron chi connectivity index (χ2n) is 3.80. The first-order valence-electron chi connectivity index (χ1n) is 5.47. The van der Waals surface area contributed by atoms with Crippen LogP contribution in [-0.2, 0) is 14.3 Å². The molecule has 0 aromatic heterocycles. The lowest BCUT2D eigenvalue weighted by Gasteiger charge is -2.09. The normalized spacial score (nSPS) is 10.0. The van der Waals surface area contributed by atoms with Gasteiger partial charge >= 0.3 is 11.9 Å². The smallest absolute Gasteiger partial charge is 0.340 e. The standard InChI is InChI=1S/C13H11BrI2O4/c1-7(2)12(17)19-3-4-20-13(18)11-9(15)5-8(14)6-10(11)16/h5-6H,1,3-4H2,2H3. The molecule has 0 aliphatic carbocycles. The molecule has 0 fully saturated rings. The minimum absolute atomic E-state index is 0.0140. The van der Waals surface area contributed by atoms with Crippen LogP contribution in [0.15, 0.2) is 28.8 Å². The Balaban J connectivity index is 2.56. The van der Waals surface area contributed by atoms with Gasteiger partial charge in [0.05, 0.1) is 5.56 Å². The van der Waals surface area contributed by atoms with Crippen molar-refractivity contribution in [1.29, 1.82) is 0 Å². The molecule has 0 spiro atoms. The van der Waals surface area contributed by atoms with E-state index in [-0.39, 0.29) is 13.2 Å². The lowest BCUT2D eigenvalue weighted by atomic mass is 10.2. The van der Waals surface area contributed by atoms with Crippen LogP contribution in [0.4, 0.5) is 0 Å². The van der Waals surface area contributed by atoms with E-state index in [0.29, 0.717) is 11.1 Å². The van der Waals surface area contributed by atoms with Gasteiger partial charge in [-0.3, -0.25) is 0 Å². The van der Waals surface area contributed by atoms with Crippen molar-refractivity contribution in [2.45, 2.75) is 6.92 Å². The molecule has 1 aromatic carbocycles. The predicted octanol–water partition coefficient (Wildman–Crippen LogP) is 3.93. The van der Waals surface area contributed by atoms with Crippen LogP contribution in [0.3, 0.4) is 0 Å². The molecule has 20 heavy (non-hydrogen) atoms. The van der Waals surface area contributed by atoms with Crippen LogP contribution in [-0.4, -0.2) is 25.2 Å². The number of ether oxygens (including phenoxy) is 2. The topological polar surface area (TPSA) is 52.6 Å². The summed E-state index contributed by atoms with van der Waals surface area (Å²) in [7, 11) is 0. The third-order valence-electron chi connectivity index (χ3n) is 2.11. The quantitative estimate of drug-likeness (QED) is 0.235. The Hall–Kier alpha value is -0.160. The molecular weight excluding hydrogens is 554 g/mol. The Labute approximate surface area is 152 Å². The third-order valence-corrected chi connectivity index (χ3v) is 4.27. The molecule has 4 nitrogen and oxygen atoms in total. The Bertz CT molecular complexity index is 534. The van der Waals surface area contributed by atoms with Gasteiger partial charge in [-0.15, -0.1) is 0 Å². The molecule has 0 radical (unpaired) electrons. The Morgan fingerprint density at radius 1 is 1.20 bits per heavy atom. The van der Waals surface area contributed by atoms with E-state index in [1.165, 1.54) is 0 Å². The summed E-state index contributed by atoms with van der Waals surface area (Å²) in [5.41, 5.74) is 0.828. The zero-order valence-corrected chi connectivity index (χ0v) is 16.4. The van der Waals surface area contributed by atoms with E-state index >= 15 is 0 Å². The van der Waals surface area contributed by atoms with E-state index in [9.17, 15) is 9.59 Å². The van der Waals surface area contributed by atoms with Crippen LogP contribution in [0.1, 0.15) is 17.3 Å². The van der Waals surface area contributed by atoms with Crippen LogP contribution in [0, 0.1) is 7.14 Å². The Kier molecular flexibility index (Phi) is 7.45. The first kappa shape index (κ1) is 17.9. The molecule has 7 heteroatoms.